The molecule has 1 rings (SSSR count). The van der Waals surface area contributed by atoms with E-state index in [-0.39, 0.29) is 18.4 Å². The maximum Gasteiger partial charge on any atom is 0.326 e. The summed E-state index contributed by atoms with van der Waals surface area (Å²) in [5.74, 6) is -1.58. The summed E-state index contributed by atoms with van der Waals surface area (Å²) in [4.78, 5) is 36.5. The highest BCUT2D eigenvalue weighted by atomic mass is 16.4. The van der Waals surface area contributed by atoms with E-state index >= 15 is 0 Å². The third kappa shape index (κ3) is 7.26. The molecule has 132 valence electrons. The Morgan fingerprint density at radius 1 is 1.17 bits per heavy atom. The predicted octanol–water partition coefficient (Wildman–Crippen LogP) is 1.69. The second kappa shape index (κ2) is 9.70. The molecule has 0 heterocycles. The summed E-state index contributed by atoms with van der Waals surface area (Å²) in [6, 6.07) is 8.75. The van der Waals surface area contributed by atoms with Crippen molar-refractivity contribution < 1.29 is 19.5 Å². The van der Waals surface area contributed by atoms with E-state index in [0.717, 1.165) is 5.56 Å². The van der Waals surface area contributed by atoms with E-state index < -0.39 is 17.9 Å². The molecule has 2 amide bonds. The van der Waals surface area contributed by atoms with E-state index in [1.165, 1.54) is 11.8 Å². The number of aliphatic carboxylic acids is 1. The molecule has 0 aromatic heterocycles. The molecule has 6 nitrogen and oxygen atoms in total. The smallest absolute Gasteiger partial charge is 0.326 e. The molecule has 0 bridgehead atoms. The molecule has 1 atom stereocenters. The third-order valence-corrected chi connectivity index (χ3v) is 3.63. The van der Waals surface area contributed by atoms with Gasteiger partial charge in [0.2, 0.25) is 11.8 Å². The molecule has 0 aliphatic carbocycles. The molecule has 0 aliphatic heterocycles. The van der Waals surface area contributed by atoms with Crippen LogP contribution < -0.4 is 5.32 Å². The minimum absolute atomic E-state index is 0.135. The Morgan fingerprint density at radius 2 is 1.79 bits per heavy atom. The number of carboxylic acid groups (broad SMARTS) is 1. The fourth-order valence-corrected chi connectivity index (χ4v) is 2.36. The van der Waals surface area contributed by atoms with Crippen LogP contribution in [0.2, 0.25) is 0 Å². The number of carbonyl (C=O) groups is 3. The van der Waals surface area contributed by atoms with Gasteiger partial charge >= 0.3 is 5.97 Å². The number of carbonyl (C=O) groups excluding carboxylic acids is 2. The number of rotatable bonds is 9. The molecule has 0 unspecified atom stereocenters. The first-order valence-electron chi connectivity index (χ1n) is 8.11. The van der Waals surface area contributed by atoms with Crippen molar-refractivity contribution in [3.63, 3.8) is 0 Å². The Bertz CT molecular complexity index is 557. The molecular weight excluding hydrogens is 308 g/mol. The summed E-state index contributed by atoms with van der Waals surface area (Å²) in [5, 5.41) is 11.7. The van der Waals surface area contributed by atoms with Gasteiger partial charge in [-0.25, -0.2) is 4.79 Å². The third-order valence-electron chi connectivity index (χ3n) is 3.63. The molecule has 0 radical (unpaired) electrons. The van der Waals surface area contributed by atoms with Crippen molar-refractivity contribution in [2.45, 2.75) is 39.7 Å². The summed E-state index contributed by atoms with van der Waals surface area (Å²) < 4.78 is 0. The number of hydrogen-bond acceptors (Lipinski definition) is 3. The number of carboxylic acids is 1. The number of amides is 2. The molecule has 0 saturated heterocycles. The standard InChI is InChI=1S/C18H26N2O4/c1-13(2)11-16(18(23)24)19-17(22)12-20(14(3)21)10-9-15-7-5-4-6-8-15/h4-8,13,16H,9-12H2,1-3H3,(H,19,22)(H,23,24)/t16-/m0/s1. The number of benzene rings is 1. The van der Waals surface area contributed by atoms with Gasteiger partial charge in [-0.05, 0) is 24.3 Å². The van der Waals surface area contributed by atoms with Crippen molar-refractivity contribution in [3.8, 4) is 0 Å². The van der Waals surface area contributed by atoms with Crippen LogP contribution in [-0.2, 0) is 20.8 Å². The van der Waals surface area contributed by atoms with E-state index in [2.05, 4.69) is 5.32 Å². The van der Waals surface area contributed by atoms with Crippen molar-refractivity contribution in [2.24, 2.45) is 5.92 Å². The van der Waals surface area contributed by atoms with Gasteiger partial charge in [0.15, 0.2) is 0 Å². The number of nitrogens with one attached hydrogen (secondary N) is 1. The first-order chi connectivity index (χ1) is 11.3. The molecule has 24 heavy (non-hydrogen) atoms. The lowest BCUT2D eigenvalue weighted by Crippen LogP contribution is -2.47. The zero-order chi connectivity index (χ0) is 18.1. The van der Waals surface area contributed by atoms with Gasteiger partial charge in [0.25, 0.3) is 0 Å². The van der Waals surface area contributed by atoms with Crippen molar-refractivity contribution in [3.05, 3.63) is 35.9 Å². The lowest BCUT2D eigenvalue weighted by molar-refractivity contribution is -0.142. The minimum Gasteiger partial charge on any atom is -0.480 e. The Hall–Kier alpha value is -2.37. The van der Waals surface area contributed by atoms with Gasteiger partial charge in [-0.15, -0.1) is 0 Å². The summed E-state index contributed by atoms with van der Waals surface area (Å²) in [7, 11) is 0. The van der Waals surface area contributed by atoms with Gasteiger partial charge in [0.1, 0.15) is 6.04 Å². The average molecular weight is 334 g/mol. The maximum atomic E-state index is 12.1. The predicted molar refractivity (Wildman–Crippen MR) is 91.4 cm³/mol. The molecule has 2 N–H and O–H groups in total. The van der Waals surface area contributed by atoms with Crippen molar-refractivity contribution in [1.82, 2.24) is 10.2 Å². The highest BCUT2D eigenvalue weighted by molar-refractivity contribution is 5.87. The topological polar surface area (TPSA) is 86.7 Å². The maximum absolute atomic E-state index is 12.1. The van der Waals surface area contributed by atoms with Gasteiger partial charge in [0, 0.05) is 13.5 Å². The Labute approximate surface area is 142 Å². The molecule has 0 saturated carbocycles. The van der Waals surface area contributed by atoms with Crippen LogP contribution >= 0.6 is 0 Å². The highest BCUT2D eigenvalue weighted by Crippen LogP contribution is 2.06. The zero-order valence-corrected chi connectivity index (χ0v) is 14.5. The quantitative estimate of drug-likeness (QED) is 0.719. The molecule has 1 aromatic rings. The second-order valence-electron chi connectivity index (χ2n) is 6.26. The van der Waals surface area contributed by atoms with Crippen LogP contribution in [-0.4, -0.2) is 46.9 Å². The SMILES string of the molecule is CC(=O)N(CCc1ccccc1)CC(=O)N[C@@H](CC(C)C)C(=O)O. The molecule has 6 heteroatoms. The van der Waals surface area contributed by atoms with Crippen molar-refractivity contribution >= 4 is 17.8 Å². The average Bonchev–Trinajstić information content (AvgIpc) is 2.51. The lowest BCUT2D eigenvalue weighted by Gasteiger charge is -2.22. The summed E-state index contributed by atoms with van der Waals surface area (Å²) >= 11 is 0. The summed E-state index contributed by atoms with van der Waals surface area (Å²) in [6.45, 7) is 5.47. The molecule has 0 aliphatic rings. The van der Waals surface area contributed by atoms with E-state index in [4.69, 9.17) is 0 Å². The van der Waals surface area contributed by atoms with E-state index in [0.29, 0.717) is 19.4 Å². The fraction of sp³-hybridized carbons (Fsp3) is 0.500. The van der Waals surface area contributed by atoms with Gasteiger partial charge in [-0.1, -0.05) is 44.2 Å². The highest BCUT2D eigenvalue weighted by Gasteiger charge is 2.22. The lowest BCUT2D eigenvalue weighted by atomic mass is 10.0. The Balaban J connectivity index is 2.58. The number of nitrogens with zero attached hydrogens (tertiary/aromatic N) is 1. The van der Waals surface area contributed by atoms with Gasteiger partial charge in [-0.3, -0.25) is 9.59 Å². The van der Waals surface area contributed by atoms with Crippen LogP contribution in [0.4, 0.5) is 0 Å². The van der Waals surface area contributed by atoms with Crippen molar-refractivity contribution in [1.29, 1.82) is 0 Å². The van der Waals surface area contributed by atoms with E-state index in [1.807, 2.05) is 44.2 Å². The zero-order valence-electron chi connectivity index (χ0n) is 14.5. The van der Waals surface area contributed by atoms with E-state index in [1.54, 1.807) is 0 Å². The summed E-state index contributed by atoms with van der Waals surface area (Å²) in [6.07, 6.45) is 0.993. The van der Waals surface area contributed by atoms with Crippen LogP contribution in [0.3, 0.4) is 0 Å². The normalized spacial score (nSPS) is 11.8. The molecule has 1 aromatic carbocycles. The van der Waals surface area contributed by atoms with Crippen LogP contribution in [0.15, 0.2) is 30.3 Å². The second-order valence-corrected chi connectivity index (χ2v) is 6.26. The monoisotopic (exact) mass is 334 g/mol. The van der Waals surface area contributed by atoms with Crippen LogP contribution in [0.25, 0.3) is 0 Å². The first kappa shape index (κ1) is 19.7. The largest absolute Gasteiger partial charge is 0.480 e. The van der Waals surface area contributed by atoms with Gasteiger partial charge < -0.3 is 15.3 Å². The first-order valence-corrected chi connectivity index (χ1v) is 8.11. The molecule has 0 spiro atoms. The Kier molecular flexibility index (Phi) is 7.95. The van der Waals surface area contributed by atoms with E-state index in [9.17, 15) is 19.5 Å². The summed E-state index contributed by atoms with van der Waals surface area (Å²) in [5.41, 5.74) is 1.08. The molecule has 0 fully saturated rings. The van der Waals surface area contributed by atoms with Crippen LogP contribution in [0.1, 0.15) is 32.8 Å². The Morgan fingerprint density at radius 3 is 2.29 bits per heavy atom. The van der Waals surface area contributed by atoms with Crippen LogP contribution in [0, 0.1) is 5.92 Å². The van der Waals surface area contributed by atoms with Crippen LogP contribution in [0.5, 0.6) is 0 Å². The minimum atomic E-state index is -1.06. The van der Waals surface area contributed by atoms with Gasteiger partial charge in [0.05, 0.1) is 6.54 Å². The van der Waals surface area contributed by atoms with Gasteiger partial charge in [-0.2, -0.15) is 0 Å². The fourth-order valence-electron chi connectivity index (χ4n) is 2.36. The molecular formula is C18H26N2O4. The van der Waals surface area contributed by atoms with Crippen molar-refractivity contribution in [2.75, 3.05) is 13.1 Å². The number of hydrogen-bond donors (Lipinski definition) is 2.